The zero-order chi connectivity index (χ0) is 22.4. The second-order valence-corrected chi connectivity index (χ2v) is 9.87. The number of nitrogens with zero attached hydrogens (tertiary/aromatic N) is 1. The van der Waals surface area contributed by atoms with Crippen molar-refractivity contribution in [1.82, 2.24) is 4.90 Å². The summed E-state index contributed by atoms with van der Waals surface area (Å²) in [6.07, 6.45) is 4.62. The molecule has 1 heterocycles. The van der Waals surface area contributed by atoms with Crippen molar-refractivity contribution in [3.8, 4) is 0 Å². The predicted octanol–water partition coefficient (Wildman–Crippen LogP) is 4.93. The average Bonchev–Trinajstić information content (AvgIpc) is 3.16. The Bertz CT molecular complexity index is 782. The Morgan fingerprint density at radius 3 is 2.55 bits per heavy atom. The molecular weight excluding hydrogens is 392 g/mol. The van der Waals surface area contributed by atoms with Crippen LogP contribution in [-0.4, -0.2) is 47.8 Å². The van der Waals surface area contributed by atoms with E-state index in [1.807, 2.05) is 45.0 Å². The van der Waals surface area contributed by atoms with Crippen LogP contribution in [0.5, 0.6) is 0 Å². The second kappa shape index (κ2) is 10.3. The molecule has 1 aliphatic carbocycles. The van der Waals surface area contributed by atoms with Gasteiger partial charge in [-0.2, -0.15) is 0 Å². The van der Waals surface area contributed by atoms with E-state index in [4.69, 9.17) is 4.74 Å². The van der Waals surface area contributed by atoms with Gasteiger partial charge in [0, 0.05) is 50.5 Å². The monoisotopic (exact) mass is 428 g/mol. The van der Waals surface area contributed by atoms with Crippen molar-refractivity contribution >= 4 is 23.3 Å². The molecule has 0 radical (unpaired) electrons. The first-order valence-electron chi connectivity index (χ1n) is 11.6. The zero-order valence-corrected chi connectivity index (χ0v) is 19.1. The van der Waals surface area contributed by atoms with E-state index < -0.39 is 5.60 Å². The molecule has 0 aromatic heterocycles. The molecule has 0 bridgehead atoms. The number of ether oxygens (including phenoxy) is 1. The summed E-state index contributed by atoms with van der Waals surface area (Å²) < 4.78 is 5.46. The molecule has 1 aromatic rings. The van der Waals surface area contributed by atoms with Crippen molar-refractivity contribution in [2.45, 2.75) is 77.2 Å². The molecule has 1 aliphatic heterocycles. The van der Waals surface area contributed by atoms with Gasteiger partial charge in [0.25, 0.3) is 0 Å². The number of benzene rings is 1. The molecule has 2 atom stereocenters. The summed E-state index contributed by atoms with van der Waals surface area (Å²) in [7, 11) is 0. The maximum atomic E-state index is 12.5. The lowest BCUT2D eigenvalue weighted by Crippen LogP contribution is -2.35. The van der Waals surface area contributed by atoms with Crippen LogP contribution in [-0.2, 0) is 14.3 Å². The van der Waals surface area contributed by atoms with E-state index in [1.165, 1.54) is 0 Å². The van der Waals surface area contributed by atoms with Gasteiger partial charge in [-0.15, -0.1) is 0 Å². The maximum Gasteiger partial charge on any atom is 0.410 e. The average molecular weight is 429 g/mol. The predicted molar refractivity (Wildman–Crippen MR) is 121 cm³/mol. The Hall–Kier alpha value is -2.37. The molecule has 170 valence electrons. The van der Waals surface area contributed by atoms with Crippen molar-refractivity contribution in [2.75, 3.05) is 25.0 Å². The number of likely N-dealkylation sites (tertiary alicyclic amines) is 1. The third-order valence-corrected chi connectivity index (χ3v) is 6.11. The van der Waals surface area contributed by atoms with E-state index >= 15 is 0 Å². The van der Waals surface area contributed by atoms with Gasteiger partial charge in [0.1, 0.15) is 17.2 Å². The van der Waals surface area contributed by atoms with Gasteiger partial charge >= 0.3 is 6.09 Å². The highest BCUT2D eigenvalue weighted by molar-refractivity contribution is 5.88. The summed E-state index contributed by atoms with van der Waals surface area (Å²) in [4.78, 5) is 38.2. The number of carbonyl (C=O) groups excluding carboxylic acids is 3. The van der Waals surface area contributed by atoms with Crippen LogP contribution in [0.1, 0.15) is 77.2 Å². The van der Waals surface area contributed by atoms with Crippen LogP contribution in [0.3, 0.4) is 0 Å². The number of anilines is 1. The zero-order valence-electron chi connectivity index (χ0n) is 19.1. The molecule has 1 saturated heterocycles. The molecule has 2 aliphatic rings. The minimum Gasteiger partial charge on any atom is -0.444 e. The quantitative estimate of drug-likeness (QED) is 0.719. The number of hydrogen-bond acceptors (Lipinski definition) is 5. The van der Waals surface area contributed by atoms with Crippen molar-refractivity contribution < 1.29 is 19.1 Å². The number of amides is 1. The van der Waals surface area contributed by atoms with Gasteiger partial charge in [0.15, 0.2) is 0 Å². The van der Waals surface area contributed by atoms with Gasteiger partial charge < -0.3 is 15.0 Å². The highest BCUT2D eigenvalue weighted by Crippen LogP contribution is 2.28. The van der Waals surface area contributed by atoms with Crippen molar-refractivity contribution in [3.05, 3.63) is 29.8 Å². The minimum atomic E-state index is -0.459. The lowest BCUT2D eigenvalue weighted by molar-refractivity contribution is -0.123. The van der Waals surface area contributed by atoms with Gasteiger partial charge in [-0.3, -0.25) is 9.59 Å². The lowest BCUT2D eigenvalue weighted by Gasteiger charge is -2.24. The van der Waals surface area contributed by atoms with Gasteiger partial charge in [0.05, 0.1) is 0 Å². The number of rotatable bonds is 5. The minimum absolute atomic E-state index is 0.157. The van der Waals surface area contributed by atoms with Crippen LogP contribution < -0.4 is 5.32 Å². The second-order valence-electron chi connectivity index (χ2n) is 9.87. The lowest BCUT2D eigenvalue weighted by atomic mass is 9.84. The Balaban J connectivity index is 1.44. The third-order valence-electron chi connectivity index (χ3n) is 6.11. The summed E-state index contributed by atoms with van der Waals surface area (Å²) in [5.74, 6) is 0.844. The first-order valence-corrected chi connectivity index (χ1v) is 11.6. The standard InChI is InChI=1S/C25H36N2O4/c1-25(2,3)31-24(30)27-16-14-18(17-27)13-15-26-20-9-7-19(8-10-20)22-12-11-21(28)5-4-6-23(22)29/h7-10,18,22,26H,4-6,11-17H2,1-3H3/t18-,22?/m1/s1. The summed E-state index contributed by atoms with van der Waals surface area (Å²) in [5, 5.41) is 3.45. The summed E-state index contributed by atoms with van der Waals surface area (Å²) in [6, 6.07) is 8.06. The fraction of sp³-hybridized carbons (Fsp3) is 0.640. The molecular formula is C25H36N2O4. The van der Waals surface area contributed by atoms with E-state index in [2.05, 4.69) is 5.32 Å². The smallest absolute Gasteiger partial charge is 0.410 e. The Kier molecular flexibility index (Phi) is 7.74. The van der Waals surface area contributed by atoms with Crippen LogP contribution in [0.25, 0.3) is 0 Å². The van der Waals surface area contributed by atoms with Crippen molar-refractivity contribution in [2.24, 2.45) is 5.92 Å². The number of ketones is 2. The SMILES string of the molecule is CC(C)(C)OC(=O)N1CC[C@@H](CCNc2ccc(C3CCC(=O)CCCC3=O)cc2)C1. The van der Waals surface area contributed by atoms with E-state index in [1.54, 1.807) is 4.90 Å². The summed E-state index contributed by atoms with van der Waals surface area (Å²) in [6.45, 7) is 8.01. The molecule has 31 heavy (non-hydrogen) atoms. The Morgan fingerprint density at radius 1 is 1.10 bits per heavy atom. The van der Waals surface area contributed by atoms with Gasteiger partial charge in [-0.1, -0.05) is 12.1 Å². The third kappa shape index (κ3) is 7.08. The van der Waals surface area contributed by atoms with Crippen LogP contribution in [0.4, 0.5) is 10.5 Å². The van der Waals surface area contributed by atoms with E-state index in [-0.39, 0.29) is 23.6 Å². The first kappa shape index (κ1) is 23.3. The molecule has 1 N–H and O–H groups in total. The Labute approximate surface area is 185 Å². The molecule has 1 unspecified atom stereocenters. The van der Waals surface area contributed by atoms with Crippen LogP contribution >= 0.6 is 0 Å². The topological polar surface area (TPSA) is 75.7 Å². The molecule has 0 spiro atoms. The van der Waals surface area contributed by atoms with Crippen LogP contribution in [0.15, 0.2) is 24.3 Å². The molecule has 2 fully saturated rings. The number of hydrogen-bond donors (Lipinski definition) is 1. The molecule has 1 aromatic carbocycles. The highest BCUT2D eigenvalue weighted by Gasteiger charge is 2.29. The Morgan fingerprint density at radius 2 is 1.84 bits per heavy atom. The van der Waals surface area contributed by atoms with E-state index in [0.717, 1.165) is 43.7 Å². The largest absolute Gasteiger partial charge is 0.444 e. The fourth-order valence-electron chi connectivity index (χ4n) is 4.39. The van der Waals surface area contributed by atoms with E-state index in [0.29, 0.717) is 38.0 Å². The van der Waals surface area contributed by atoms with Gasteiger partial charge in [0.2, 0.25) is 0 Å². The molecule has 3 rings (SSSR count). The molecule has 6 nitrogen and oxygen atoms in total. The molecule has 6 heteroatoms. The van der Waals surface area contributed by atoms with Crippen molar-refractivity contribution in [3.63, 3.8) is 0 Å². The normalized spacial score (nSPS) is 22.7. The first-order chi connectivity index (χ1) is 14.7. The van der Waals surface area contributed by atoms with Gasteiger partial charge in [-0.25, -0.2) is 4.79 Å². The molecule has 1 amide bonds. The fourth-order valence-corrected chi connectivity index (χ4v) is 4.39. The van der Waals surface area contributed by atoms with E-state index in [9.17, 15) is 14.4 Å². The number of carbonyl (C=O) groups is 3. The van der Waals surface area contributed by atoms with Gasteiger partial charge in [-0.05, 0) is 70.1 Å². The number of nitrogens with one attached hydrogen (secondary N) is 1. The highest BCUT2D eigenvalue weighted by atomic mass is 16.6. The van der Waals surface area contributed by atoms with Crippen LogP contribution in [0, 0.1) is 5.92 Å². The van der Waals surface area contributed by atoms with Crippen molar-refractivity contribution in [1.29, 1.82) is 0 Å². The summed E-state index contributed by atoms with van der Waals surface area (Å²) in [5.41, 5.74) is 1.58. The number of Topliss-reactive ketones (excluding diaryl/α,β-unsaturated/α-hetero) is 2. The molecule has 1 saturated carbocycles. The van der Waals surface area contributed by atoms with Crippen LogP contribution in [0.2, 0.25) is 0 Å². The summed E-state index contributed by atoms with van der Waals surface area (Å²) >= 11 is 0. The maximum absolute atomic E-state index is 12.5.